The Morgan fingerprint density at radius 2 is 2.44 bits per heavy atom. The van der Waals surface area contributed by atoms with Gasteiger partial charge in [-0.1, -0.05) is 0 Å². The molecule has 1 atom stereocenters. The van der Waals surface area contributed by atoms with E-state index in [0.29, 0.717) is 17.4 Å². The molecule has 0 aliphatic carbocycles. The first-order valence-electron chi connectivity index (χ1n) is 5.07. The van der Waals surface area contributed by atoms with E-state index in [1.54, 1.807) is 0 Å². The van der Waals surface area contributed by atoms with Gasteiger partial charge in [0.1, 0.15) is 0 Å². The van der Waals surface area contributed by atoms with Crippen LogP contribution < -0.4 is 5.73 Å². The predicted molar refractivity (Wildman–Crippen MR) is 65.1 cm³/mol. The van der Waals surface area contributed by atoms with Gasteiger partial charge in [-0.05, 0) is 13.5 Å². The van der Waals surface area contributed by atoms with E-state index in [1.807, 2.05) is 17.3 Å². The van der Waals surface area contributed by atoms with Gasteiger partial charge in [0.2, 0.25) is 0 Å². The van der Waals surface area contributed by atoms with Crippen LogP contribution >= 0.6 is 11.3 Å². The Bertz CT molecular complexity index is 469. The molecule has 2 N–H and O–H groups in total. The molecule has 5 nitrogen and oxygen atoms in total. The lowest BCUT2D eigenvalue weighted by molar-refractivity contribution is 0.251. The Balaban J connectivity index is 1.96. The van der Waals surface area contributed by atoms with E-state index in [4.69, 9.17) is 5.73 Å². The van der Waals surface area contributed by atoms with Crippen molar-refractivity contribution in [3.8, 4) is 0 Å². The summed E-state index contributed by atoms with van der Waals surface area (Å²) in [4.78, 5) is 6.20. The maximum atomic E-state index is 11.3. The first-order chi connectivity index (χ1) is 7.46. The standard InChI is InChI=1S/C9H15N3O2S2/c1-12(4-7-5-15-9(10)11-7)8-2-3-16(13,14)6-8/h5,8H,2-4,6H2,1H3,(H2,10,11). The third-order valence-corrected chi connectivity index (χ3v) is 5.29. The average molecular weight is 261 g/mol. The molecular weight excluding hydrogens is 246 g/mol. The molecule has 2 heterocycles. The summed E-state index contributed by atoms with van der Waals surface area (Å²) in [5.74, 6) is 0.574. The van der Waals surface area contributed by atoms with Gasteiger partial charge < -0.3 is 5.73 Å². The molecule has 0 bridgehead atoms. The van der Waals surface area contributed by atoms with Crippen molar-refractivity contribution in [2.45, 2.75) is 19.0 Å². The lowest BCUT2D eigenvalue weighted by Gasteiger charge is -2.21. The second-order valence-electron chi connectivity index (χ2n) is 4.15. The van der Waals surface area contributed by atoms with Crippen LogP contribution in [-0.4, -0.2) is 42.9 Å². The highest BCUT2D eigenvalue weighted by atomic mass is 32.2. The lowest BCUT2D eigenvalue weighted by atomic mass is 10.2. The Morgan fingerprint density at radius 1 is 1.69 bits per heavy atom. The molecule has 1 aliphatic rings. The summed E-state index contributed by atoms with van der Waals surface area (Å²) >= 11 is 1.41. The zero-order chi connectivity index (χ0) is 11.8. The molecular formula is C9H15N3O2S2. The lowest BCUT2D eigenvalue weighted by Crippen LogP contribution is -2.32. The number of nitrogen functional groups attached to an aromatic ring is 1. The van der Waals surface area contributed by atoms with Crippen LogP contribution in [0.25, 0.3) is 0 Å². The maximum absolute atomic E-state index is 11.3. The van der Waals surface area contributed by atoms with Crippen molar-refractivity contribution in [2.24, 2.45) is 0 Å². The first-order valence-corrected chi connectivity index (χ1v) is 7.77. The SMILES string of the molecule is CN(Cc1csc(N)n1)C1CCS(=O)(=O)C1. The van der Waals surface area contributed by atoms with E-state index in [1.165, 1.54) is 11.3 Å². The van der Waals surface area contributed by atoms with Crippen LogP contribution in [-0.2, 0) is 16.4 Å². The van der Waals surface area contributed by atoms with Gasteiger partial charge in [0.25, 0.3) is 0 Å². The second kappa shape index (κ2) is 4.31. The van der Waals surface area contributed by atoms with Gasteiger partial charge >= 0.3 is 0 Å². The number of nitrogens with two attached hydrogens (primary N) is 1. The number of aromatic nitrogens is 1. The third kappa shape index (κ3) is 2.72. The highest BCUT2D eigenvalue weighted by Crippen LogP contribution is 2.19. The van der Waals surface area contributed by atoms with Crippen molar-refractivity contribution in [2.75, 3.05) is 24.3 Å². The van der Waals surface area contributed by atoms with Crippen LogP contribution in [0.1, 0.15) is 12.1 Å². The summed E-state index contributed by atoms with van der Waals surface area (Å²) in [6, 6.07) is 0.118. The fourth-order valence-electron chi connectivity index (χ4n) is 1.90. The third-order valence-electron chi connectivity index (χ3n) is 2.81. The molecule has 1 aliphatic heterocycles. The molecule has 1 aromatic heterocycles. The number of anilines is 1. The Kier molecular flexibility index (Phi) is 3.18. The Hall–Kier alpha value is -0.660. The van der Waals surface area contributed by atoms with Gasteiger partial charge in [-0.15, -0.1) is 11.3 Å². The van der Waals surface area contributed by atoms with Crippen LogP contribution in [0.5, 0.6) is 0 Å². The maximum Gasteiger partial charge on any atom is 0.180 e. The van der Waals surface area contributed by atoms with Crippen molar-refractivity contribution in [1.82, 2.24) is 9.88 Å². The number of sulfone groups is 1. The van der Waals surface area contributed by atoms with Crippen LogP contribution in [0.4, 0.5) is 5.13 Å². The minimum absolute atomic E-state index is 0.118. The molecule has 0 aromatic carbocycles. The zero-order valence-electron chi connectivity index (χ0n) is 9.09. The molecule has 0 radical (unpaired) electrons. The summed E-state index contributed by atoms with van der Waals surface area (Å²) < 4.78 is 22.7. The Morgan fingerprint density at radius 3 is 2.94 bits per heavy atom. The minimum atomic E-state index is -2.81. The van der Waals surface area contributed by atoms with Crippen molar-refractivity contribution >= 4 is 26.3 Å². The van der Waals surface area contributed by atoms with Gasteiger partial charge in [0, 0.05) is 18.0 Å². The van der Waals surface area contributed by atoms with Crippen molar-refractivity contribution in [1.29, 1.82) is 0 Å². The van der Waals surface area contributed by atoms with E-state index < -0.39 is 9.84 Å². The predicted octanol–water partition coefficient (Wildman–Crippen LogP) is 0.344. The van der Waals surface area contributed by atoms with E-state index in [0.717, 1.165) is 12.1 Å². The van der Waals surface area contributed by atoms with E-state index in [-0.39, 0.29) is 11.8 Å². The summed E-state index contributed by atoms with van der Waals surface area (Å²) in [6.07, 6.45) is 0.721. The molecule has 1 aromatic rings. The van der Waals surface area contributed by atoms with Gasteiger partial charge in [0.15, 0.2) is 15.0 Å². The number of hydrogen-bond acceptors (Lipinski definition) is 6. The molecule has 2 rings (SSSR count). The largest absolute Gasteiger partial charge is 0.375 e. The monoisotopic (exact) mass is 261 g/mol. The van der Waals surface area contributed by atoms with Crippen LogP contribution in [0.3, 0.4) is 0 Å². The summed E-state index contributed by atoms with van der Waals surface area (Å²) in [7, 11) is -0.880. The van der Waals surface area contributed by atoms with E-state index >= 15 is 0 Å². The minimum Gasteiger partial charge on any atom is -0.375 e. The first kappa shape index (κ1) is 11.8. The zero-order valence-corrected chi connectivity index (χ0v) is 10.7. The number of thiazole rings is 1. The van der Waals surface area contributed by atoms with Crippen molar-refractivity contribution in [3.63, 3.8) is 0 Å². The molecule has 0 amide bonds. The number of nitrogens with zero attached hydrogens (tertiary/aromatic N) is 2. The number of rotatable bonds is 3. The molecule has 90 valence electrons. The molecule has 1 fully saturated rings. The topological polar surface area (TPSA) is 76.3 Å². The molecule has 7 heteroatoms. The fourth-order valence-corrected chi connectivity index (χ4v) is 4.26. The smallest absolute Gasteiger partial charge is 0.180 e. The molecule has 1 unspecified atom stereocenters. The molecule has 0 spiro atoms. The van der Waals surface area contributed by atoms with Gasteiger partial charge in [0.05, 0.1) is 17.2 Å². The molecule has 0 saturated carbocycles. The van der Waals surface area contributed by atoms with Gasteiger partial charge in [-0.2, -0.15) is 0 Å². The van der Waals surface area contributed by atoms with Gasteiger partial charge in [-0.25, -0.2) is 13.4 Å². The average Bonchev–Trinajstić information content (AvgIpc) is 2.72. The summed E-state index contributed by atoms with van der Waals surface area (Å²) in [5.41, 5.74) is 6.46. The van der Waals surface area contributed by atoms with E-state index in [9.17, 15) is 8.42 Å². The summed E-state index contributed by atoms with van der Waals surface area (Å²) in [6.45, 7) is 0.661. The molecule has 1 saturated heterocycles. The van der Waals surface area contributed by atoms with E-state index in [2.05, 4.69) is 4.98 Å². The summed E-state index contributed by atoms with van der Waals surface area (Å²) in [5, 5.41) is 2.47. The number of hydrogen-bond donors (Lipinski definition) is 1. The van der Waals surface area contributed by atoms with Gasteiger partial charge in [-0.3, -0.25) is 4.90 Å². The van der Waals surface area contributed by atoms with Crippen molar-refractivity contribution < 1.29 is 8.42 Å². The van der Waals surface area contributed by atoms with Crippen LogP contribution in [0.15, 0.2) is 5.38 Å². The fraction of sp³-hybridized carbons (Fsp3) is 0.667. The quantitative estimate of drug-likeness (QED) is 0.849. The van der Waals surface area contributed by atoms with Crippen LogP contribution in [0.2, 0.25) is 0 Å². The molecule has 16 heavy (non-hydrogen) atoms. The normalized spacial score (nSPS) is 24.0. The highest BCUT2D eigenvalue weighted by molar-refractivity contribution is 7.91. The second-order valence-corrected chi connectivity index (χ2v) is 7.27. The highest BCUT2D eigenvalue weighted by Gasteiger charge is 2.30. The Labute approximate surface area is 99.2 Å². The van der Waals surface area contributed by atoms with Crippen molar-refractivity contribution in [3.05, 3.63) is 11.1 Å². The van der Waals surface area contributed by atoms with Crippen LogP contribution in [0, 0.1) is 0 Å².